The van der Waals surface area contributed by atoms with Gasteiger partial charge >= 0.3 is 0 Å². The predicted octanol–water partition coefficient (Wildman–Crippen LogP) is 0.970. The van der Waals surface area contributed by atoms with Crippen LogP contribution >= 0.6 is 0 Å². The Balaban J connectivity index is 1.62. The molecule has 0 unspecified atom stereocenters. The van der Waals surface area contributed by atoms with Gasteiger partial charge in [0.05, 0.1) is 0 Å². The Morgan fingerprint density at radius 3 is 2.77 bits per heavy atom. The van der Waals surface area contributed by atoms with Gasteiger partial charge in [-0.2, -0.15) is 5.10 Å². The molecule has 1 saturated heterocycles. The number of nitrogens with zero attached hydrogens (tertiary/aromatic N) is 5. The van der Waals surface area contributed by atoms with Crippen molar-refractivity contribution in [1.82, 2.24) is 24.6 Å². The smallest absolute Gasteiger partial charge is 0.274 e. The van der Waals surface area contributed by atoms with Gasteiger partial charge in [0.25, 0.3) is 5.91 Å². The van der Waals surface area contributed by atoms with E-state index in [1.165, 1.54) is 10.8 Å². The summed E-state index contributed by atoms with van der Waals surface area (Å²) in [6, 6.07) is 1.65. The fraction of sp³-hybridized carbons (Fsp3) is 0.353. The number of hydrogen-bond acceptors (Lipinski definition) is 6. The van der Waals surface area contributed by atoms with E-state index in [0.29, 0.717) is 30.5 Å². The monoisotopic (exact) mass is 355 g/mol. The average molecular weight is 355 g/mol. The van der Waals surface area contributed by atoms with Crippen molar-refractivity contribution in [2.24, 2.45) is 7.05 Å². The van der Waals surface area contributed by atoms with Crippen LogP contribution in [0.25, 0.3) is 0 Å². The first-order chi connectivity index (χ1) is 12.5. The minimum atomic E-state index is -0.351. The van der Waals surface area contributed by atoms with Crippen molar-refractivity contribution in [2.75, 3.05) is 23.7 Å². The normalized spacial score (nSPS) is 16.4. The third-order valence-electron chi connectivity index (χ3n) is 4.13. The first kappa shape index (κ1) is 17.6. The topological polar surface area (TPSA) is 105 Å². The lowest BCUT2D eigenvalue weighted by Crippen LogP contribution is -2.32. The molecule has 0 aromatic carbocycles. The Morgan fingerprint density at radius 1 is 1.35 bits per heavy atom. The van der Waals surface area contributed by atoms with Gasteiger partial charge in [-0.25, -0.2) is 9.97 Å². The maximum absolute atomic E-state index is 12.7. The number of carbonyl (C=O) groups excluding carboxylic acids is 2. The number of aryl methyl sites for hydroxylation is 2. The molecule has 1 fully saturated rings. The third-order valence-corrected chi connectivity index (χ3v) is 4.13. The minimum absolute atomic E-state index is 0.0882. The highest BCUT2D eigenvalue weighted by atomic mass is 16.2. The van der Waals surface area contributed by atoms with Crippen LogP contribution in [-0.4, -0.2) is 55.6 Å². The predicted molar refractivity (Wildman–Crippen MR) is 96.7 cm³/mol. The number of rotatable bonds is 5. The highest BCUT2D eigenvalue weighted by Crippen LogP contribution is 2.17. The summed E-state index contributed by atoms with van der Waals surface area (Å²) in [7, 11) is 1.67. The van der Waals surface area contributed by atoms with Gasteiger partial charge in [0.2, 0.25) is 11.9 Å². The third kappa shape index (κ3) is 3.88. The molecule has 0 radical (unpaired) electrons. The van der Waals surface area contributed by atoms with Gasteiger partial charge in [-0.3, -0.25) is 14.3 Å². The number of hydrogen-bond donors (Lipinski definition) is 2. The van der Waals surface area contributed by atoms with Crippen LogP contribution < -0.4 is 10.6 Å². The molecule has 136 valence electrons. The molecular formula is C17H21N7O2. The van der Waals surface area contributed by atoms with E-state index in [1.54, 1.807) is 30.4 Å². The molecular weight excluding hydrogens is 334 g/mol. The van der Waals surface area contributed by atoms with Crippen LogP contribution in [0.2, 0.25) is 0 Å². The molecule has 2 aromatic rings. The Morgan fingerprint density at radius 2 is 2.08 bits per heavy atom. The number of carbonyl (C=O) groups is 2. The fourth-order valence-electron chi connectivity index (χ4n) is 2.74. The summed E-state index contributed by atoms with van der Waals surface area (Å²) < 4.78 is 1.46. The van der Waals surface area contributed by atoms with Crippen molar-refractivity contribution < 1.29 is 9.59 Å². The van der Waals surface area contributed by atoms with E-state index in [-0.39, 0.29) is 17.9 Å². The Hall–Kier alpha value is -3.23. The zero-order valence-corrected chi connectivity index (χ0v) is 14.8. The van der Waals surface area contributed by atoms with Crippen LogP contribution in [-0.2, 0) is 11.8 Å². The Labute approximate surface area is 151 Å². The van der Waals surface area contributed by atoms with Gasteiger partial charge in [-0.1, -0.05) is 6.58 Å². The molecule has 0 aliphatic carbocycles. The molecule has 1 aliphatic heterocycles. The number of likely N-dealkylation sites (tertiary alicyclic amines) is 1. The molecule has 1 aliphatic rings. The maximum atomic E-state index is 12.7. The summed E-state index contributed by atoms with van der Waals surface area (Å²) in [6.45, 7) is 6.49. The molecule has 0 saturated carbocycles. The molecule has 0 bridgehead atoms. The zero-order chi connectivity index (χ0) is 18.7. The van der Waals surface area contributed by atoms with Crippen molar-refractivity contribution in [3.8, 4) is 0 Å². The molecule has 3 rings (SSSR count). The van der Waals surface area contributed by atoms with Crippen molar-refractivity contribution in [2.45, 2.75) is 19.4 Å². The van der Waals surface area contributed by atoms with Crippen molar-refractivity contribution in [3.05, 3.63) is 42.4 Å². The summed E-state index contributed by atoms with van der Waals surface area (Å²) in [5, 5.41) is 10.1. The lowest BCUT2D eigenvalue weighted by molar-refractivity contribution is -0.111. The van der Waals surface area contributed by atoms with Gasteiger partial charge in [0.15, 0.2) is 5.69 Å². The van der Waals surface area contributed by atoms with Crippen molar-refractivity contribution in [3.63, 3.8) is 0 Å². The second-order valence-electron chi connectivity index (χ2n) is 6.20. The molecule has 2 aromatic heterocycles. The van der Waals surface area contributed by atoms with Gasteiger partial charge < -0.3 is 15.5 Å². The molecule has 3 heterocycles. The number of aromatic nitrogens is 4. The van der Waals surface area contributed by atoms with Crippen LogP contribution in [0.3, 0.4) is 0 Å². The van der Waals surface area contributed by atoms with Gasteiger partial charge in [0, 0.05) is 44.6 Å². The Kier molecular flexibility index (Phi) is 4.97. The minimum Gasteiger partial charge on any atom is -0.350 e. The van der Waals surface area contributed by atoms with Gasteiger partial charge in [0.1, 0.15) is 5.82 Å². The summed E-state index contributed by atoms with van der Waals surface area (Å²) in [5.41, 5.74) is 1.28. The van der Waals surface area contributed by atoms with Crippen LogP contribution in [0.15, 0.2) is 31.1 Å². The van der Waals surface area contributed by atoms with E-state index in [2.05, 4.69) is 32.3 Å². The van der Waals surface area contributed by atoms with Crippen molar-refractivity contribution >= 4 is 23.6 Å². The van der Waals surface area contributed by atoms with Crippen LogP contribution in [0.4, 0.5) is 11.8 Å². The van der Waals surface area contributed by atoms with Crippen LogP contribution in [0.5, 0.6) is 0 Å². The molecule has 1 atom stereocenters. The SMILES string of the molecule is C=CC(=O)Nc1cc(C(=O)N2CC[C@@H](Nc3ncc(C)cn3)C2)nn1C. The second-order valence-corrected chi connectivity index (χ2v) is 6.20. The number of anilines is 2. The summed E-state index contributed by atoms with van der Waals surface area (Å²) >= 11 is 0. The summed E-state index contributed by atoms with van der Waals surface area (Å²) in [6.07, 6.45) is 5.47. The highest BCUT2D eigenvalue weighted by Gasteiger charge is 2.29. The van der Waals surface area contributed by atoms with E-state index in [4.69, 9.17) is 0 Å². The lowest BCUT2D eigenvalue weighted by Gasteiger charge is -2.15. The lowest BCUT2D eigenvalue weighted by atomic mass is 10.3. The number of amides is 2. The first-order valence-electron chi connectivity index (χ1n) is 8.28. The summed E-state index contributed by atoms with van der Waals surface area (Å²) in [4.78, 5) is 34.3. The Bertz CT molecular complexity index is 828. The molecule has 2 N–H and O–H groups in total. The van der Waals surface area contributed by atoms with E-state index in [9.17, 15) is 9.59 Å². The maximum Gasteiger partial charge on any atom is 0.274 e. The second kappa shape index (κ2) is 7.34. The average Bonchev–Trinajstić information content (AvgIpc) is 3.23. The van der Waals surface area contributed by atoms with E-state index in [0.717, 1.165) is 12.0 Å². The summed E-state index contributed by atoms with van der Waals surface area (Å²) in [5.74, 6) is 0.478. The zero-order valence-electron chi connectivity index (χ0n) is 14.8. The van der Waals surface area contributed by atoms with E-state index in [1.807, 2.05) is 6.92 Å². The highest BCUT2D eigenvalue weighted by molar-refractivity contribution is 5.99. The standard InChI is InChI=1S/C17H21N7O2/c1-4-15(25)21-14-7-13(22-23(14)3)16(26)24-6-5-12(10-24)20-17-18-8-11(2)9-19-17/h4,7-9,12H,1,5-6,10H2,2-3H3,(H,21,25)(H,18,19,20)/t12-/m1/s1. The first-order valence-corrected chi connectivity index (χ1v) is 8.28. The quantitative estimate of drug-likeness (QED) is 0.775. The fourth-order valence-corrected chi connectivity index (χ4v) is 2.74. The van der Waals surface area contributed by atoms with Crippen LogP contribution in [0, 0.1) is 6.92 Å². The number of nitrogens with one attached hydrogen (secondary N) is 2. The van der Waals surface area contributed by atoms with Crippen molar-refractivity contribution in [1.29, 1.82) is 0 Å². The van der Waals surface area contributed by atoms with E-state index >= 15 is 0 Å². The largest absolute Gasteiger partial charge is 0.350 e. The van der Waals surface area contributed by atoms with Gasteiger partial charge in [-0.05, 0) is 25.0 Å². The molecule has 9 heteroatoms. The van der Waals surface area contributed by atoms with Crippen LogP contribution in [0.1, 0.15) is 22.5 Å². The molecule has 9 nitrogen and oxygen atoms in total. The van der Waals surface area contributed by atoms with Gasteiger partial charge in [-0.15, -0.1) is 0 Å². The molecule has 2 amide bonds. The van der Waals surface area contributed by atoms with E-state index < -0.39 is 0 Å². The molecule has 0 spiro atoms. The molecule has 26 heavy (non-hydrogen) atoms.